The van der Waals surface area contributed by atoms with Crippen LogP contribution in [0, 0.1) is 11.6 Å². The SMILES string of the molecule is COc1ccc(S(=O)(=O)N(C)Cc2ccc(F)c(F)c2)cc1. The molecule has 0 bridgehead atoms. The molecule has 0 heterocycles. The van der Waals surface area contributed by atoms with Crippen molar-refractivity contribution in [2.24, 2.45) is 0 Å². The highest BCUT2D eigenvalue weighted by Crippen LogP contribution is 2.20. The Morgan fingerprint density at radius 3 is 2.23 bits per heavy atom. The summed E-state index contributed by atoms with van der Waals surface area (Å²) in [4.78, 5) is 0.0957. The van der Waals surface area contributed by atoms with E-state index in [9.17, 15) is 17.2 Å². The van der Waals surface area contributed by atoms with E-state index in [1.165, 1.54) is 44.5 Å². The van der Waals surface area contributed by atoms with E-state index in [0.29, 0.717) is 11.3 Å². The Kier molecular flexibility index (Phi) is 4.77. The Labute approximate surface area is 128 Å². The first-order valence-corrected chi connectivity index (χ1v) is 7.83. The maximum Gasteiger partial charge on any atom is 0.243 e. The predicted octanol–water partition coefficient (Wildman–Crippen LogP) is 2.79. The Bertz CT molecular complexity index is 761. The topological polar surface area (TPSA) is 46.6 Å². The molecule has 0 saturated heterocycles. The van der Waals surface area contributed by atoms with Crippen LogP contribution in [-0.4, -0.2) is 26.9 Å². The molecule has 2 aromatic carbocycles. The van der Waals surface area contributed by atoms with Crippen LogP contribution in [0.15, 0.2) is 47.4 Å². The normalized spacial score (nSPS) is 11.7. The van der Waals surface area contributed by atoms with Gasteiger partial charge in [0.25, 0.3) is 0 Å². The van der Waals surface area contributed by atoms with Crippen molar-refractivity contribution >= 4 is 10.0 Å². The van der Waals surface area contributed by atoms with E-state index in [1.54, 1.807) is 0 Å². The maximum absolute atomic E-state index is 13.2. The third-order valence-corrected chi connectivity index (χ3v) is 4.97. The molecule has 0 fully saturated rings. The third-order valence-electron chi connectivity index (χ3n) is 3.16. The Morgan fingerprint density at radius 2 is 1.68 bits per heavy atom. The number of hydrogen-bond donors (Lipinski definition) is 0. The second-order valence-corrected chi connectivity index (χ2v) is 6.73. The minimum Gasteiger partial charge on any atom is -0.497 e. The van der Waals surface area contributed by atoms with Crippen LogP contribution in [0.2, 0.25) is 0 Å². The first kappa shape index (κ1) is 16.4. The Hall–Kier alpha value is -1.99. The number of ether oxygens (including phenoxy) is 1. The number of sulfonamides is 1. The maximum atomic E-state index is 13.2. The molecule has 0 saturated carbocycles. The first-order chi connectivity index (χ1) is 10.3. The highest BCUT2D eigenvalue weighted by atomic mass is 32.2. The Morgan fingerprint density at radius 1 is 1.05 bits per heavy atom. The fourth-order valence-corrected chi connectivity index (χ4v) is 3.07. The second-order valence-electron chi connectivity index (χ2n) is 4.69. The fraction of sp³-hybridized carbons (Fsp3) is 0.200. The van der Waals surface area contributed by atoms with E-state index in [1.807, 2.05) is 0 Å². The van der Waals surface area contributed by atoms with E-state index < -0.39 is 21.7 Å². The molecule has 22 heavy (non-hydrogen) atoms. The van der Waals surface area contributed by atoms with Crippen molar-refractivity contribution in [1.29, 1.82) is 0 Å². The fourth-order valence-electron chi connectivity index (χ4n) is 1.91. The zero-order valence-electron chi connectivity index (χ0n) is 12.1. The summed E-state index contributed by atoms with van der Waals surface area (Å²) in [5, 5.41) is 0. The molecule has 0 atom stereocenters. The average Bonchev–Trinajstić information content (AvgIpc) is 2.51. The molecule has 0 aliphatic rings. The summed E-state index contributed by atoms with van der Waals surface area (Å²) in [6.07, 6.45) is 0. The van der Waals surface area contributed by atoms with Crippen LogP contribution >= 0.6 is 0 Å². The minimum atomic E-state index is -3.72. The molecule has 0 aromatic heterocycles. The minimum absolute atomic E-state index is 0.0639. The van der Waals surface area contributed by atoms with Crippen molar-refractivity contribution in [2.45, 2.75) is 11.4 Å². The number of nitrogens with zero attached hydrogens (tertiary/aromatic N) is 1. The summed E-state index contributed by atoms with van der Waals surface area (Å²) in [5.74, 6) is -1.43. The summed E-state index contributed by atoms with van der Waals surface area (Å²) in [6.45, 7) is -0.0639. The molecule has 0 spiro atoms. The van der Waals surface area contributed by atoms with Crippen LogP contribution in [-0.2, 0) is 16.6 Å². The number of methoxy groups -OCH3 is 1. The molecule has 118 valence electrons. The first-order valence-electron chi connectivity index (χ1n) is 6.39. The second kappa shape index (κ2) is 6.41. The van der Waals surface area contributed by atoms with Gasteiger partial charge in [0.15, 0.2) is 11.6 Å². The van der Waals surface area contributed by atoms with Gasteiger partial charge in [0.1, 0.15) is 5.75 Å². The lowest BCUT2D eigenvalue weighted by molar-refractivity contribution is 0.414. The Balaban J connectivity index is 2.22. The molecule has 0 unspecified atom stereocenters. The van der Waals surface area contributed by atoms with E-state index in [2.05, 4.69) is 0 Å². The van der Waals surface area contributed by atoms with Gasteiger partial charge in [-0.25, -0.2) is 17.2 Å². The number of halogens is 2. The van der Waals surface area contributed by atoms with Crippen LogP contribution in [0.1, 0.15) is 5.56 Å². The van der Waals surface area contributed by atoms with Gasteiger partial charge in [-0.05, 0) is 42.0 Å². The lowest BCUT2D eigenvalue weighted by Crippen LogP contribution is -2.26. The van der Waals surface area contributed by atoms with E-state index in [0.717, 1.165) is 16.4 Å². The quantitative estimate of drug-likeness (QED) is 0.848. The van der Waals surface area contributed by atoms with Crippen molar-refractivity contribution in [2.75, 3.05) is 14.2 Å². The van der Waals surface area contributed by atoms with Gasteiger partial charge < -0.3 is 4.74 Å². The van der Waals surface area contributed by atoms with Crippen molar-refractivity contribution in [3.63, 3.8) is 0 Å². The monoisotopic (exact) mass is 327 g/mol. The molecule has 7 heteroatoms. The standard InChI is InChI=1S/C15H15F2NO3S/c1-18(10-11-3-8-14(16)15(17)9-11)22(19,20)13-6-4-12(21-2)5-7-13/h3-9H,10H2,1-2H3. The van der Waals surface area contributed by atoms with E-state index >= 15 is 0 Å². The van der Waals surface area contributed by atoms with Gasteiger partial charge in [0.2, 0.25) is 10.0 Å². The summed E-state index contributed by atoms with van der Waals surface area (Å²) in [6, 6.07) is 9.23. The van der Waals surface area contributed by atoms with Crippen LogP contribution in [0.25, 0.3) is 0 Å². The van der Waals surface area contributed by atoms with Crippen molar-refractivity contribution in [3.05, 3.63) is 59.7 Å². The molecule has 0 aliphatic carbocycles. The van der Waals surface area contributed by atoms with Gasteiger partial charge in [-0.1, -0.05) is 6.07 Å². The third kappa shape index (κ3) is 3.42. The summed E-state index contributed by atoms with van der Waals surface area (Å²) >= 11 is 0. The molecule has 4 nitrogen and oxygen atoms in total. The molecule has 2 aromatic rings. The average molecular weight is 327 g/mol. The van der Waals surface area contributed by atoms with Crippen molar-refractivity contribution in [1.82, 2.24) is 4.31 Å². The zero-order chi connectivity index (χ0) is 16.3. The van der Waals surface area contributed by atoms with Crippen molar-refractivity contribution < 1.29 is 21.9 Å². The van der Waals surface area contributed by atoms with Gasteiger partial charge in [-0.2, -0.15) is 4.31 Å². The van der Waals surface area contributed by atoms with Crippen LogP contribution < -0.4 is 4.74 Å². The highest BCUT2D eigenvalue weighted by molar-refractivity contribution is 7.89. The van der Waals surface area contributed by atoms with Gasteiger partial charge in [0, 0.05) is 13.6 Å². The number of benzene rings is 2. The molecule has 0 aliphatic heterocycles. The van der Waals surface area contributed by atoms with Crippen molar-refractivity contribution in [3.8, 4) is 5.75 Å². The largest absolute Gasteiger partial charge is 0.497 e. The van der Waals surface area contributed by atoms with Gasteiger partial charge in [0.05, 0.1) is 12.0 Å². The van der Waals surface area contributed by atoms with Gasteiger partial charge >= 0.3 is 0 Å². The van der Waals surface area contributed by atoms with Crippen LogP contribution in [0.4, 0.5) is 8.78 Å². The molecular formula is C15H15F2NO3S. The molecule has 2 rings (SSSR count). The predicted molar refractivity (Wildman–Crippen MR) is 78.0 cm³/mol. The number of hydrogen-bond acceptors (Lipinski definition) is 3. The van der Waals surface area contributed by atoms with E-state index in [-0.39, 0.29) is 11.4 Å². The van der Waals surface area contributed by atoms with E-state index in [4.69, 9.17) is 4.74 Å². The van der Waals surface area contributed by atoms with Gasteiger partial charge in [-0.15, -0.1) is 0 Å². The van der Waals surface area contributed by atoms with Crippen LogP contribution in [0.3, 0.4) is 0 Å². The lowest BCUT2D eigenvalue weighted by atomic mass is 10.2. The van der Waals surface area contributed by atoms with Crippen LogP contribution in [0.5, 0.6) is 5.75 Å². The smallest absolute Gasteiger partial charge is 0.243 e. The molecule has 0 radical (unpaired) electrons. The molecule has 0 amide bonds. The summed E-state index contributed by atoms with van der Waals surface area (Å²) < 4.78 is 56.9. The summed E-state index contributed by atoms with van der Waals surface area (Å²) in [7, 11) is -0.863. The highest BCUT2D eigenvalue weighted by Gasteiger charge is 2.21. The lowest BCUT2D eigenvalue weighted by Gasteiger charge is -2.17. The molecular weight excluding hydrogens is 312 g/mol. The van der Waals surface area contributed by atoms with Gasteiger partial charge in [-0.3, -0.25) is 0 Å². The summed E-state index contributed by atoms with van der Waals surface area (Å²) in [5.41, 5.74) is 0.360. The number of rotatable bonds is 5. The molecule has 0 N–H and O–H groups in total. The zero-order valence-corrected chi connectivity index (χ0v) is 12.9.